The lowest BCUT2D eigenvalue weighted by Crippen LogP contribution is -2.44. The summed E-state index contributed by atoms with van der Waals surface area (Å²) >= 11 is 0. The van der Waals surface area contributed by atoms with Crippen LogP contribution in [-0.2, 0) is 4.74 Å². The van der Waals surface area contributed by atoms with Crippen molar-refractivity contribution in [1.82, 2.24) is 5.32 Å². The van der Waals surface area contributed by atoms with E-state index in [1.165, 1.54) is 6.42 Å². The van der Waals surface area contributed by atoms with Gasteiger partial charge in [0.1, 0.15) is 0 Å². The highest BCUT2D eigenvalue weighted by Gasteiger charge is 2.27. The topological polar surface area (TPSA) is 21.3 Å². The molecule has 1 saturated heterocycles. The minimum atomic E-state index is 0.414. The van der Waals surface area contributed by atoms with Crippen molar-refractivity contribution >= 4 is 0 Å². The Bertz CT molecular complexity index is 156. The van der Waals surface area contributed by atoms with Crippen LogP contribution in [0.4, 0.5) is 0 Å². The molecule has 0 amide bonds. The molecule has 0 aromatic heterocycles. The van der Waals surface area contributed by atoms with E-state index in [2.05, 4.69) is 33.0 Å². The van der Waals surface area contributed by atoms with E-state index in [0.717, 1.165) is 25.5 Å². The lowest BCUT2D eigenvalue weighted by molar-refractivity contribution is 0.0181. The molecule has 1 rings (SSSR count). The third kappa shape index (κ3) is 3.58. The van der Waals surface area contributed by atoms with Gasteiger partial charge in [-0.15, -0.1) is 0 Å². The lowest BCUT2D eigenvalue weighted by atomic mass is 9.92. The monoisotopic (exact) mass is 199 g/mol. The van der Waals surface area contributed by atoms with Crippen LogP contribution in [0.25, 0.3) is 0 Å². The van der Waals surface area contributed by atoms with Gasteiger partial charge in [0, 0.05) is 12.6 Å². The summed E-state index contributed by atoms with van der Waals surface area (Å²) < 4.78 is 5.93. The molecule has 2 unspecified atom stereocenters. The summed E-state index contributed by atoms with van der Waals surface area (Å²) in [7, 11) is 0. The molecule has 0 bridgehead atoms. The van der Waals surface area contributed by atoms with Crippen LogP contribution in [0.1, 0.15) is 40.5 Å². The zero-order chi connectivity index (χ0) is 10.6. The minimum absolute atomic E-state index is 0.414. The van der Waals surface area contributed by atoms with Gasteiger partial charge in [0.2, 0.25) is 0 Å². The molecule has 14 heavy (non-hydrogen) atoms. The van der Waals surface area contributed by atoms with Gasteiger partial charge in [0.25, 0.3) is 0 Å². The van der Waals surface area contributed by atoms with E-state index in [0.29, 0.717) is 18.1 Å². The standard InChI is InChI=1S/C12H25NO/c1-9(2)8-11-12(10(3)4)13-6-5-7-14-11/h9-13H,5-8H2,1-4H3. The first-order chi connectivity index (χ1) is 6.61. The molecule has 2 heteroatoms. The highest BCUT2D eigenvalue weighted by molar-refractivity contribution is 4.82. The normalized spacial score (nSPS) is 29.6. The molecule has 0 aromatic rings. The fraction of sp³-hybridized carbons (Fsp3) is 1.00. The molecule has 2 nitrogen and oxygen atoms in total. The van der Waals surface area contributed by atoms with E-state index in [9.17, 15) is 0 Å². The Labute approximate surface area is 88.4 Å². The number of hydrogen-bond acceptors (Lipinski definition) is 2. The maximum absolute atomic E-state index is 5.93. The van der Waals surface area contributed by atoms with Crippen molar-refractivity contribution < 1.29 is 4.74 Å². The van der Waals surface area contributed by atoms with Crippen LogP contribution in [0.5, 0.6) is 0 Å². The van der Waals surface area contributed by atoms with Crippen molar-refractivity contribution in [3.8, 4) is 0 Å². The second kappa shape index (κ2) is 5.72. The number of nitrogens with one attached hydrogen (secondary N) is 1. The third-order valence-corrected chi connectivity index (χ3v) is 2.86. The van der Waals surface area contributed by atoms with Crippen LogP contribution >= 0.6 is 0 Å². The predicted octanol–water partition coefficient (Wildman–Crippen LogP) is 2.44. The summed E-state index contributed by atoms with van der Waals surface area (Å²) in [5, 5.41) is 3.61. The first-order valence-electron chi connectivity index (χ1n) is 5.96. The van der Waals surface area contributed by atoms with Gasteiger partial charge >= 0.3 is 0 Å². The van der Waals surface area contributed by atoms with Gasteiger partial charge in [-0.25, -0.2) is 0 Å². The van der Waals surface area contributed by atoms with Gasteiger partial charge < -0.3 is 10.1 Å². The molecule has 0 saturated carbocycles. The molecular weight excluding hydrogens is 174 g/mol. The van der Waals surface area contributed by atoms with E-state index in [4.69, 9.17) is 4.74 Å². The second-order valence-electron chi connectivity index (χ2n) is 5.12. The van der Waals surface area contributed by atoms with Crippen LogP contribution in [0, 0.1) is 11.8 Å². The molecule has 1 heterocycles. The summed E-state index contributed by atoms with van der Waals surface area (Å²) in [6.45, 7) is 11.1. The van der Waals surface area contributed by atoms with Crippen molar-refractivity contribution in [1.29, 1.82) is 0 Å². The van der Waals surface area contributed by atoms with Crippen LogP contribution in [0.3, 0.4) is 0 Å². The third-order valence-electron chi connectivity index (χ3n) is 2.86. The lowest BCUT2D eigenvalue weighted by Gasteiger charge is -2.29. The van der Waals surface area contributed by atoms with Crippen molar-refractivity contribution in [2.24, 2.45) is 11.8 Å². The van der Waals surface area contributed by atoms with Crippen LogP contribution < -0.4 is 5.32 Å². The maximum Gasteiger partial charge on any atom is 0.0732 e. The van der Waals surface area contributed by atoms with Crippen molar-refractivity contribution in [2.75, 3.05) is 13.2 Å². The highest BCUT2D eigenvalue weighted by Crippen LogP contribution is 2.19. The Balaban J connectivity index is 2.54. The fourth-order valence-corrected chi connectivity index (χ4v) is 2.15. The van der Waals surface area contributed by atoms with Crippen LogP contribution in [0.15, 0.2) is 0 Å². The molecule has 0 radical (unpaired) electrons. The fourth-order valence-electron chi connectivity index (χ4n) is 2.15. The van der Waals surface area contributed by atoms with Gasteiger partial charge in [-0.3, -0.25) is 0 Å². The van der Waals surface area contributed by atoms with Crippen LogP contribution in [0.2, 0.25) is 0 Å². The van der Waals surface area contributed by atoms with Crippen molar-refractivity contribution in [3.63, 3.8) is 0 Å². The van der Waals surface area contributed by atoms with Crippen LogP contribution in [-0.4, -0.2) is 25.3 Å². The van der Waals surface area contributed by atoms with Crippen molar-refractivity contribution in [3.05, 3.63) is 0 Å². The van der Waals surface area contributed by atoms with Gasteiger partial charge in [-0.05, 0) is 31.2 Å². The van der Waals surface area contributed by atoms with Gasteiger partial charge in [0.15, 0.2) is 0 Å². The Morgan fingerprint density at radius 2 is 2.00 bits per heavy atom. The van der Waals surface area contributed by atoms with E-state index in [1.807, 2.05) is 0 Å². The first kappa shape index (κ1) is 12.0. The predicted molar refractivity (Wildman–Crippen MR) is 60.4 cm³/mol. The summed E-state index contributed by atoms with van der Waals surface area (Å²) in [5.74, 6) is 1.39. The van der Waals surface area contributed by atoms with Crippen molar-refractivity contribution in [2.45, 2.75) is 52.7 Å². The zero-order valence-electron chi connectivity index (χ0n) is 10.0. The largest absolute Gasteiger partial charge is 0.377 e. The zero-order valence-corrected chi connectivity index (χ0v) is 10.0. The quantitative estimate of drug-likeness (QED) is 0.754. The Morgan fingerprint density at radius 3 is 2.57 bits per heavy atom. The highest BCUT2D eigenvalue weighted by atomic mass is 16.5. The molecule has 2 atom stereocenters. The summed E-state index contributed by atoms with van der Waals surface area (Å²) in [4.78, 5) is 0. The summed E-state index contributed by atoms with van der Waals surface area (Å²) in [6.07, 6.45) is 2.74. The van der Waals surface area contributed by atoms with Gasteiger partial charge in [-0.1, -0.05) is 27.7 Å². The first-order valence-corrected chi connectivity index (χ1v) is 5.96. The number of hydrogen-bond donors (Lipinski definition) is 1. The average Bonchev–Trinajstić information content (AvgIpc) is 2.28. The van der Waals surface area contributed by atoms with Gasteiger partial charge in [0.05, 0.1) is 6.10 Å². The molecule has 0 spiro atoms. The molecule has 1 fully saturated rings. The van der Waals surface area contributed by atoms with E-state index in [-0.39, 0.29) is 0 Å². The molecule has 84 valence electrons. The molecular formula is C12H25NO. The molecule has 1 N–H and O–H groups in total. The smallest absolute Gasteiger partial charge is 0.0732 e. The van der Waals surface area contributed by atoms with Gasteiger partial charge in [-0.2, -0.15) is 0 Å². The molecule has 0 aliphatic carbocycles. The number of rotatable bonds is 3. The minimum Gasteiger partial charge on any atom is -0.377 e. The Hall–Kier alpha value is -0.0800. The molecule has 1 aliphatic rings. The maximum atomic E-state index is 5.93. The number of ether oxygens (including phenoxy) is 1. The Morgan fingerprint density at radius 1 is 1.29 bits per heavy atom. The Kier molecular flexibility index (Phi) is 4.90. The van der Waals surface area contributed by atoms with E-state index in [1.54, 1.807) is 0 Å². The molecule has 1 aliphatic heterocycles. The van der Waals surface area contributed by atoms with E-state index < -0.39 is 0 Å². The summed E-state index contributed by atoms with van der Waals surface area (Å²) in [6, 6.07) is 0.542. The average molecular weight is 199 g/mol. The van der Waals surface area contributed by atoms with E-state index >= 15 is 0 Å². The molecule has 0 aromatic carbocycles. The second-order valence-corrected chi connectivity index (χ2v) is 5.12. The SMILES string of the molecule is CC(C)CC1OCCCNC1C(C)C. The summed E-state index contributed by atoms with van der Waals surface area (Å²) in [5.41, 5.74) is 0.